The quantitative estimate of drug-likeness (QED) is 0.111. The van der Waals surface area contributed by atoms with E-state index in [9.17, 15) is 18.0 Å². The molecule has 0 aliphatic heterocycles. The minimum Gasteiger partial charge on any atom is -0.478 e. The monoisotopic (exact) mass is 651 g/mol. The number of aromatic carboxylic acids is 2. The number of benzene rings is 4. The topological polar surface area (TPSA) is 139 Å². The number of carbonyl (C=O) groups is 2. The highest BCUT2D eigenvalue weighted by atomic mass is 32.2. The summed E-state index contributed by atoms with van der Waals surface area (Å²) >= 11 is 0. The van der Waals surface area contributed by atoms with Crippen LogP contribution in [-0.2, 0) is 28.6 Å². The van der Waals surface area contributed by atoms with Gasteiger partial charge in [0.2, 0.25) is 9.84 Å². The summed E-state index contributed by atoms with van der Waals surface area (Å²) in [5.74, 6) is -1.58. The summed E-state index contributed by atoms with van der Waals surface area (Å²) in [7, 11) is -3.84. The number of nitrogens with zero attached hydrogens (tertiary/aromatic N) is 3. The molecule has 0 unspecified atom stereocenters. The zero-order valence-corrected chi connectivity index (χ0v) is 27.0. The van der Waals surface area contributed by atoms with Crippen molar-refractivity contribution in [3.63, 3.8) is 0 Å². The van der Waals surface area contributed by atoms with Gasteiger partial charge >= 0.3 is 11.9 Å². The van der Waals surface area contributed by atoms with Crippen molar-refractivity contribution in [2.24, 2.45) is 0 Å². The number of sulfone groups is 1. The molecule has 5 aromatic rings. The predicted molar refractivity (Wildman–Crippen MR) is 180 cm³/mol. The normalized spacial score (nSPS) is 11.4. The molecule has 0 saturated carbocycles. The lowest BCUT2D eigenvalue weighted by molar-refractivity contribution is 0.0686. The molecule has 0 bridgehead atoms. The van der Waals surface area contributed by atoms with E-state index in [2.05, 4.69) is 17.0 Å². The molecular formula is C37H37N3O6S. The van der Waals surface area contributed by atoms with Crippen LogP contribution < -0.4 is 0 Å². The number of aromatic nitrogens is 3. The molecule has 2 N–H and O–H groups in total. The Morgan fingerprint density at radius 3 is 1.55 bits per heavy atom. The molecule has 1 heterocycles. The molecule has 242 valence electrons. The van der Waals surface area contributed by atoms with Crippen LogP contribution >= 0.6 is 0 Å². The third-order valence-electron chi connectivity index (χ3n) is 8.04. The summed E-state index contributed by atoms with van der Waals surface area (Å²) in [5, 5.41) is 22.6. The van der Waals surface area contributed by atoms with Crippen molar-refractivity contribution in [2.45, 2.75) is 62.9 Å². The molecule has 0 atom stereocenters. The Morgan fingerprint density at radius 2 is 1.09 bits per heavy atom. The maximum atomic E-state index is 13.5. The van der Waals surface area contributed by atoms with E-state index >= 15 is 0 Å². The van der Waals surface area contributed by atoms with Crippen LogP contribution in [0, 0.1) is 0 Å². The molecule has 0 aliphatic rings. The zero-order valence-electron chi connectivity index (χ0n) is 26.2. The first-order chi connectivity index (χ1) is 22.6. The van der Waals surface area contributed by atoms with Gasteiger partial charge in [-0.15, -0.1) is 5.10 Å². The van der Waals surface area contributed by atoms with Crippen molar-refractivity contribution in [1.82, 2.24) is 14.8 Å². The number of hydrogen-bond acceptors (Lipinski definition) is 6. The third kappa shape index (κ3) is 8.59. The van der Waals surface area contributed by atoms with E-state index in [1.165, 1.54) is 12.1 Å². The number of carboxylic acids is 2. The van der Waals surface area contributed by atoms with Crippen LogP contribution in [0.1, 0.15) is 76.7 Å². The van der Waals surface area contributed by atoms with Crippen molar-refractivity contribution < 1.29 is 28.2 Å². The van der Waals surface area contributed by atoms with Crippen LogP contribution in [0.4, 0.5) is 0 Å². The van der Waals surface area contributed by atoms with Crippen molar-refractivity contribution in [1.29, 1.82) is 0 Å². The standard InChI is InChI=1S/C37H37N3O6S/c1-2-3-4-5-6-7-34-38-37(39-40(34)24-26-8-12-28(13-9-26)30-16-20-32(21-17-30)35(41)42)47(45,46)25-27-10-14-29(15-11-27)31-18-22-33(23-19-31)36(43)44/h8-23H,2-7,24-25H2,1H3,(H,41,42)(H,43,44). The highest BCUT2D eigenvalue weighted by molar-refractivity contribution is 7.90. The lowest BCUT2D eigenvalue weighted by atomic mass is 10.0. The van der Waals surface area contributed by atoms with Gasteiger partial charge in [0, 0.05) is 6.42 Å². The molecule has 0 fully saturated rings. The summed E-state index contributed by atoms with van der Waals surface area (Å²) in [6.45, 7) is 2.52. The zero-order chi connectivity index (χ0) is 33.4. The molecule has 0 amide bonds. The van der Waals surface area contributed by atoms with Gasteiger partial charge in [-0.2, -0.15) is 0 Å². The van der Waals surface area contributed by atoms with Crippen LogP contribution in [0.3, 0.4) is 0 Å². The second kappa shape index (κ2) is 15.0. The van der Waals surface area contributed by atoms with Crippen molar-refractivity contribution >= 4 is 21.8 Å². The lowest BCUT2D eigenvalue weighted by Gasteiger charge is -2.08. The van der Waals surface area contributed by atoms with E-state index < -0.39 is 21.8 Å². The average Bonchev–Trinajstić information content (AvgIpc) is 3.48. The van der Waals surface area contributed by atoms with E-state index in [4.69, 9.17) is 10.2 Å². The predicted octanol–water partition coefficient (Wildman–Crippen LogP) is 7.54. The highest BCUT2D eigenvalue weighted by Crippen LogP contribution is 2.24. The molecule has 9 nitrogen and oxygen atoms in total. The van der Waals surface area contributed by atoms with Gasteiger partial charge in [0.1, 0.15) is 5.82 Å². The fourth-order valence-corrected chi connectivity index (χ4v) is 6.57. The Morgan fingerprint density at radius 1 is 0.638 bits per heavy atom. The molecule has 4 aromatic carbocycles. The molecule has 10 heteroatoms. The molecule has 0 spiro atoms. The van der Waals surface area contributed by atoms with Gasteiger partial charge in [-0.3, -0.25) is 0 Å². The first-order valence-electron chi connectivity index (χ1n) is 15.6. The highest BCUT2D eigenvalue weighted by Gasteiger charge is 2.23. The van der Waals surface area contributed by atoms with E-state index in [0.29, 0.717) is 24.4 Å². The van der Waals surface area contributed by atoms with Gasteiger partial charge in [0.05, 0.1) is 23.4 Å². The molecule has 5 rings (SSSR count). The van der Waals surface area contributed by atoms with Gasteiger partial charge in [-0.1, -0.05) is 105 Å². The van der Waals surface area contributed by atoms with Gasteiger partial charge in [0.15, 0.2) is 0 Å². The summed E-state index contributed by atoms with van der Waals surface area (Å²) in [5.41, 5.74) is 5.47. The molecule has 1 aromatic heterocycles. The fraction of sp³-hybridized carbons (Fsp3) is 0.243. The van der Waals surface area contributed by atoms with Gasteiger partial charge in [0.25, 0.3) is 5.16 Å². The smallest absolute Gasteiger partial charge is 0.335 e. The van der Waals surface area contributed by atoms with Gasteiger partial charge in [-0.25, -0.2) is 27.7 Å². The minimum absolute atomic E-state index is 0.190. The van der Waals surface area contributed by atoms with E-state index in [1.807, 2.05) is 36.4 Å². The van der Waals surface area contributed by atoms with Crippen molar-refractivity contribution in [3.8, 4) is 22.3 Å². The van der Waals surface area contributed by atoms with Crippen LogP contribution in [0.15, 0.2) is 102 Å². The number of unbranched alkanes of at least 4 members (excludes halogenated alkanes) is 4. The summed E-state index contributed by atoms with van der Waals surface area (Å²) in [6, 6.07) is 28.2. The second-order valence-corrected chi connectivity index (χ2v) is 13.4. The minimum atomic E-state index is -3.84. The third-order valence-corrected chi connectivity index (χ3v) is 9.48. The molecule has 0 radical (unpaired) electrons. The van der Waals surface area contributed by atoms with Crippen LogP contribution in [-0.4, -0.2) is 45.3 Å². The van der Waals surface area contributed by atoms with E-state index in [0.717, 1.165) is 59.9 Å². The number of carboxylic acid groups (broad SMARTS) is 2. The van der Waals surface area contributed by atoms with E-state index in [1.54, 1.807) is 53.2 Å². The van der Waals surface area contributed by atoms with Crippen LogP contribution in [0.2, 0.25) is 0 Å². The van der Waals surface area contributed by atoms with Crippen LogP contribution in [0.5, 0.6) is 0 Å². The van der Waals surface area contributed by atoms with Gasteiger partial charge < -0.3 is 10.2 Å². The molecule has 0 aliphatic carbocycles. The molecule has 0 saturated heterocycles. The fourth-order valence-electron chi connectivity index (χ4n) is 5.34. The Bertz CT molecular complexity index is 1930. The van der Waals surface area contributed by atoms with Crippen molar-refractivity contribution in [2.75, 3.05) is 0 Å². The first-order valence-corrected chi connectivity index (χ1v) is 17.3. The average molecular weight is 652 g/mol. The molecular weight excluding hydrogens is 614 g/mol. The number of hydrogen-bond donors (Lipinski definition) is 2. The molecule has 47 heavy (non-hydrogen) atoms. The summed E-state index contributed by atoms with van der Waals surface area (Å²) < 4.78 is 28.7. The SMILES string of the molecule is CCCCCCCc1nc(S(=O)(=O)Cc2ccc(-c3ccc(C(=O)O)cc3)cc2)nn1Cc1ccc(-c2ccc(C(=O)O)cc2)cc1. The first kappa shape index (κ1) is 33.3. The lowest BCUT2D eigenvalue weighted by Crippen LogP contribution is -2.09. The Balaban J connectivity index is 1.32. The van der Waals surface area contributed by atoms with Crippen molar-refractivity contribution in [3.05, 3.63) is 125 Å². The number of aryl methyl sites for hydroxylation is 1. The maximum absolute atomic E-state index is 13.5. The largest absolute Gasteiger partial charge is 0.478 e. The Labute approximate surface area is 274 Å². The summed E-state index contributed by atoms with van der Waals surface area (Å²) in [4.78, 5) is 26.9. The Kier molecular flexibility index (Phi) is 10.6. The Hall–Kier alpha value is -5.09. The van der Waals surface area contributed by atoms with E-state index in [-0.39, 0.29) is 22.0 Å². The van der Waals surface area contributed by atoms with Gasteiger partial charge in [-0.05, 0) is 64.1 Å². The summed E-state index contributed by atoms with van der Waals surface area (Å²) in [6.07, 6.45) is 5.95. The maximum Gasteiger partial charge on any atom is 0.335 e. The van der Waals surface area contributed by atoms with Crippen LogP contribution in [0.25, 0.3) is 22.3 Å². The second-order valence-electron chi connectivity index (χ2n) is 11.6. The number of rotatable bonds is 15.